The molecule has 0 amide bonds. The SMILES string of the molecule is CN=C(N=CN)c1ccc([C@@H]2O[C@](C)(CO)[C@H]3OC(C)(C)O[C@@H]23)[nH]1. The number of hydrogen-bond acceptors (Lipinski definition) is 5. The number of amidine groups is 1. The highest BCUT2D eigenvalue weighted by molar-refractivity contribution is 6.01. The smallest absolute Gasteiger partial charge is 0.172 e. The largest absolute Gasteiger partial charge is 0.393 e. The summed E-state index contributed by atoms with van der Waals surface area (Å²) in [5.41, 5.74) is 6.06. The van der Waals surface area contributed by atoms with Gasteiger partial charge in [-0.25, -0.2) is 4.99 Å². The summed E-state index contributed by atoms with van der Waals surface area (Å²) >= 11 is 0. The van der Waals surface area contributed by atoms with Gasteiger partial charge in [0, 0.05) is 12.7 Å². The summed E-state index contributed by atoms with van der Waals surface area (Å²) in [7, 11) is 1.64. The van der Waals surface area contributed by atoms with Crippen LogP contribution in [0.1, 0.15) is 38.3 Å². The van der Waals surface area contributed by atoms with Gasteiger partial charge in [0.25, 0.3) is 0 Å². The van der Waals surface area contributed by atoms with E-state index in [1.54, 1.807) is 7.05 Å². The highest BCUT2D eigenvalue weighted by Gasteiger charge is 2.61. The maximum Gasteiger partial charge on any atom is 0.172 e. The first kappa shape index (κ1) is 17.1. The zero-order valence-electron chi connectivity index (χ0n) is 14.3. The number of fused-ring (bicyclic) bond motifs is 1. The van der Waals surface area contributed by atoms with E-state index in [0.717, 1.165) is 11.4 Å². The van der Waals surface area contributed by atoms with Crippen molar-refractivity contribution in [2.24, 2.45) is 15.7 Å². The van der Waals surface area contributed by atoms with E-state index >= 15 is 0 Å². The lowest BCUT2D eigenvalue weighted by Gasteiger charge is -2.29. The number of nitrogens with two attached hydrogens (primary N) is 1. The minimum Gasteiger partial charge on any atom is -0.393 e. The molecule has 8 heteroatoms. The lowest BCUT2D eigenvalue weighted by Crippen LogP contribution is -2.43. The normalized spacial score (nSPS) is 35.7. The lowest BCUT2D eigenvalue weighted by atomic mass is 9.97. The number of aromatic amines is 1. The third-order valence-corrected chi connectivity index (χ3v) is 4.40. The maximum absolute atomic E-state index is 9.79. The van der Waals surface area contributed by atoms with E-state index in [0.29, 0.717) is 5.84 Å². The molecule has 1 aromatic rings. The molecule has 0 saturated carbocycles. The molecule has 2 fully saturated rings. The Morgan fingerprint density at radius 1 is 1.33 bits per heavy atom. The minimum atomic E-state index is -0.828. The molecule has 2 saturated heterocycles. The number of aliphatic imine (C=N–C) groups is 2. The van der Waals surface area contributed by atoms with Gasteiger partial charge in [-0.15, -0.1) is 0 Å². The first-order valence-corrected chi connectivity index (χ1v) is 7.88. The predicted octanol–water partition coefficient (Wildman–Crippen LogP) is 0.720. The second kappa shape index (κ2) is 5.96. The van der Waals surface area contributed by atoms with Crippen molar-refractivity contribution >= 4 is 12.2 Å². The summed E-state index contributed by atoms with van der Waals surface area (Å²) in [6, 6.07) is 3.75. The van der Waals surface area contributed by atoms with Gasteiger partial charge in [-0.2, -0.15) is 0 Å². The molecule has 0 aliphatic carbocycles. The van der Waals surface area contributed by atoms with Crippen molar-refractivity contribution in [3.8, 4) is 0 Å². The van der Waals surface area contributed by atoms with Crippen LogP contribution >= 0.6 is 0 Å². The van der Waals surface area contributed by atoms with Gasteiger partial charge in [-0.3, -0.25) is 4.99 Å². The highest BCUT2D eigenvalue weighted by Crippen LogP contribution is 2.49. The summed E-state index contributed by atoms with van der Waals surface area (Å²) < 4.78 is 18.1. The van der Waals surface area contributed by atoms with Gasteiger partial charge in [0.05, 0.1) is 18.6 Å². The number of nitrogens with zero attached hydrogens (tertiary/aromatic N) is 2. The zero-order chi connectivity index (χ0) is 17.5. The van der Waals surface area contributed by atoms with Crippen molar-refractivity contribution in [1.29, 1.82) is 0 Å². The van der Waals surface area contributed by atoms with E-state index in [9.17, 15) is 5.11 Å². The molecule has 0 aromatic carbocycles. The van der Waals surface area contributed by atoms with Gasteiger partial charge in [0.15, 0.2) is 11.6 Å². The van der Waals surface area contributed by atoms with Crippen molar-refractivity contribution in [2.75, 3.05) is 13.7 Å². The van der Waals surface area contributed by atoms with Crippen LogP contribution in [0.25, 0.3) is 0 Å². The Morgan fingerprint density at radius 3 is 2.71 bits per heavy atom. The lowest BCUT2D eigenvalue weighted by molar-refractivity contribution is -0.213. The summed E-state index contributed by atoms with van der Waals surface area (Å²) in [4.78, 5) is 11.4. The maximum atomic E-state index is 9.79. The summed E-state index contributed by atoms with van der Waals surface area (Å²) in [6.07, 6.45) is 0.145. The van der Waals surface area contributed by atoms with Crippen LogP contribution in [-0.2, 0) is 14.2 Å². The van der Waals surface area contributed by atoms with E-state index in [2.05, 4.69) is 15.0 Å². The Hall–Kier alpha value is -1.74. The summed E-state index contributed by atoms with van der Waals surface area (Å²) in [5.74, 6) is -0.226. The number of nitrogens with one attached hydrogen (secondary N) is 1. The average molecular weight is 336 g/mol. The molecule has 0 spiro atoms. The molecule has 2 aliphatic heterocycles. The van der Waals surface area contributed by atoms with Crippen molar-refractivity contribution in [2.45, 2.75) is 50.5 Å². The average Bonchev–Trinajstić information content (AvgIpc) is 3.20. The molecule has 2 aliphatic rings. The number of aliphatic hydroxyl groups is 1. The van der Waals surface area contributed by atoms with Crippen molar-refractivity contribution in [3.05, 3.63) is 23.5 Å². The highest BCUT2D eigenvalue weighted by atomic mass is 16.8. The number of aromatic nitrogens is 1. The minimum absolute atomic E-state index is 0.156. The van der Waals surface area contributed by atoms with E-state index in [1.165, 1.54) is 6.34 Å². The van der Waals surface area contributed by atoms with Crippen LogP contribution in [0.4, 0.5) is 0 Å². The molecule has 0 radical (unpaired) electrons. The Bertz CT molecular complexity index is 669. The third kappa shape index (κ3) is 2.75. The molecule has 3 heterocycles. The number of H-pyrrole nitrogens is 1. The third-order valence-electron chi connectivity index (χ3n) is 4.40. The van der Waals surface area contributed by atoms with Crippen LogP contribution in [0.5, 0.6) is 0 Å². The van der Waals surface area contributed by atoms with Crippen LogP contribution in [-0.4, -0.2) is 59.5 Å². The Labute approximate surface area is 140 Å². The van der Waals surface area contributed by atoms with Gasteiger partial charge in [0.1, 0.15) is 23.9 Å². The van der Waals surface area contributed by atoms with Crippen LogP contribution in [0.15, 0.2) is 22.1 Å². The molecular formula is C16H24N4O4. The molecule has 1 aromatic heterocycles. The van der Waals surface area contributed by atoms with Crippen molar-refractivity contribution in [3.63, 3.8) is 0 Å². The Morgan fingerprint density at radius 2 is 2.08 bits per heavy atom. The molecule has 4 N–H and O–H groups in total. The monoisotopic (exact) mass is 336 g/mol. The molecular weight excluding hydrogens is 312 g/mol. The van der Waals surface area contributed by atoms with Crippen LogP contribution < -0.4 is 5.73 Å². The second-order valence-electron chi connectivity index (χ2n) is 6.68. The van der Waals surface area contributed by atoms with Gasteiger partial charge < -0.3 is 30.0 Å². The second-order valence-corrected chi connectivity index (χ2v) is 6.68. The number of rotatable bonds is 3. The fourth-order valence-corrected chi connectivity index (χ4v) is 3.30. The van der Waals surface area contributed by atoms with Crippen LogP contribution in [0, 0.1) is 0 Å². The molecule has 8 nitrogen and oxygen atoms in total. The van der Waals surface area contributed by atoms with Gasteiger partial charge in [-0.1, -0.05) is 0 Å². The predicted molar refractivity (Wildman–Crippen MR) is 89.1 cm³/mol. The van der Waals surface area contributed by atoms with E-state index in [-0.39, 0.29) is 24.9 Å². The molecule has 4 atom stereocenters. The summed E-state index contributed by atoms with van der Waals surface area (Å²) in [6.45, 7) is 5.39. The van der Waals surface area contributed by atoms with Crippen LogP contribution in [0.2, 0.25) is 0 Å². The summed E-state index contributed by atoms with van der Waals surface area (Å²) in [5, 5.41) is 9.79. The van der Waals surface area contributed by atoms with Crippen molar-refractivity contribution < 1.29 is 19.3 Å². The van der Waals surface area contributed by atoms with Gasteiger partial charge >= 0.3 is 0 Å². The first-order valence-electron chi connectivity index (χ1n) is 7.88. The standard InChI is InChI=1S/C16H24N4O4/c1-15(2)22-12-11(23-16(3,7-21)13(12)24-15)9-5-6-10(20-9)14(18-4)19-8-17/h5-6,8,11-13,20-21H,7H2,1-4H3,(H2,17,18,19)/t11-,12-,13-,16+/m0/s1. The fraction of sp³-hybridized carbons (Fsp3) is 0.625. The van der Waals surface area contributed by atoms with Gasteiger partial charge in [0.2, 0.25) is 0 Å². The molecule has 3 rings (SSSR count). The molecule has 24 heavy (non-hydrogen) atoms. The molecule has 0 unspecified atom stereocenters. The molecule has 132 valence electrons. The fourth-order valence-electron chi connectivity index (χ4n) is 3.30. The Balaban J connectivity index is 1.91. The number of aliphatic hydroxyl groups excluding tert-OH is 1. The van der Waals surface area contributed by atoms with Crippen molar-refractivity contribution in [1.82, 2.24) is 4.98 Å². The van der Waals surface area contributed by atoms with Crippen LogP contribution in [0.3, 0.4) is 0 Å². The topological polar surface area (TPSA) is 114 Å². The van der Waals surface area contributed by atoms with E-state index in [1.807, 2.05) is 32.9 Å². The quantitative estimate of drug-likeness (QED) is 0.556. The zero-order valence-corrected chi connectivity index (χ0v) is 14.3. The first-order chi connectivity index (χ1) is 11.3. The van der Waals surface area contributed by atoms with E-state index in [4.69, 9.17) is 19.9 Å². The molecule has 0 bridgehead atoms. The number of ether oxygens (including phenoxy) is 3. The van der Waals surface area contributed by atoms with Gasteiger partial charge in [-0.05, 0) is 32.9 Å². The Kier molecular flexibility index (Phi) is 4.25. The van der Waals surface area contributed by atoms with E-state index < -0.39 is 11.4 Å². The number of hydrogen-bond donors (Lipinski definition) is 3.